The number of nitrogens with zero attached hydrogens (tertiary/aromatic N) is 4. The third kappa shape index (κ3) is 3.20. The molecule has 1 saturated heterocycles. The number of hydrogen-bond donors (Lipinski definition) is 0. The summed E-state index contributed by atoms with van der Waals surface area (Å²) in [5.41, 5.74) is 1.08. The van der Waals surface area contributed by atoms with E-state index < -0.39 is 0 Å². The van der Waals surface area contributed by atoms with E-state index in [0.29, 0.717) is 0 Å². The average molecular weight is 278 g/mol. The molecule has 3 heterocycles. The number of aryl methyl sites for hydroxylation is 1. The van der Waals surface area contributed by atoms with Gasteiger partial charge < -0.3 is 4.74 Å². The molecule has 0 N–H and O–H groups in total. The first-order chi connectivity index (χ1) is 9.31. The quantitative estimate of drug-likeness (QED) is 0.854. The van der Waals surface area contributed by atoms with Crippen LogP contribution in [-0.4, -0.2) is 45.9 Å². The summed E-state index contributed by atoms with van der Waals surface area (Å²) < 4.78 is 7.80. The van der Waals surface area contributed by atoms with Gasteiger partial charge in [0.1, 0.15) is 11.1 Å². The monoisotopic (exact) mass is 278 g/mol. The summed E-state index contributed by atoms with van der Waals surface area (Å²) in [7, 11) is 0. The minimum absolute atomic E-state index is 0.130. The lowest BCUT2D eigenvalue weighted by molar-refractivity contribution is -0.0312. The van der Waals surface area contributed by atoms with Crippen LogP contribution in [0.4, 0.5) is 0 Å². The largest absolute Gasteiger partial charge is 0.368 e. The second-order valence-corrected chi connectivity index (χ2v) is 5.65. The maximum atomic E-state index is 5.83. The van der Waals surface area contributed by atoms with E-state index in [1.54, 1.807) is 11.3 Å². The molecular formula is C13H18N4OS. The first-order valence-corrected chi connectivity index (χ1v) is 7.42. The van der Waals surface area contributed by atoms with Crippen molar-refractivity contribution in [2.75, 3.05) is 26.2 Å². The molecule has 0 saturated carbocycles. The van der Waals surface area contributed by atoms with E-state index in [1.807, 2.05) is 30.1 Å². The van der Waals surface area contributed by atoms with Crippen LogP contribution in [-0.2, 0) is 11.3 Å². The Balaban J connectivity index is 1.56. The van der Waals surface area contributed by atoms with Gasteiger partial charge in [0.2, 0.25) is 0 Å². The van der Waals surface area contributed by atoms with Crippen LogP contribution in [0.5, 0.6) is 0 Å². The molecule has 0 radical (unpaired) electrons. The molecule has 6 heteroatoms. The second-order valence-electron chi connectivity index (χ2n) is 4.76. The van der Waals surface area contributed by atoms with Gasteiger partial charge in [0.25, 0.3) is 0 Å². The molecule has 0 aromatic carbocycles. The molecule has 1 fully saturated rings. The fourth-order valence-corrected chi connectivity index (χ4v) is 3.09. The lowest BCUT2D eigenvalue weighted by atomic mass is 10.3. The van der Waals surface area contributed by atoms with Gasteiger partial charge in [0.15, 0.2) is 0 Å². The van der Waals surface area contributed by atoms with Crippen molar-refractivity contribution in [2.45, 2.75) is 19.6 Å². The van der Waals surface area contributed by atoms with Crippen molar-refractivity contribution in [3.8, 4) is 0 Å². The van der Waals surface area contributed by atoms with Crippen molar-refractivity contribution in [2.24, 2.45) is 0 Å². The van der Waals surface area contributed by atoms with E-state index >= 15 is 0 Å². The summed E-state index contributed by atoms with van der Waals surface area (Å²) in [4.78, 5) is 6.95. The fourth-order valence-electron chi connectivity index (χ4n) is 2.25. The SMILES string of the molecule is Cc1csc([C@@H]2CN(CCn3cccn3)CCO2)n1. The van der Waals surface area contributed by atoms with Crippen molar-refractivity contribution < 1.29 is 4.74 Å². The lowest BCUT2D eigenvalue weighted by Crippen LogP contribution is -2.40. The summed E-state index contributed by atoms with van der Waals surface area (Å²) in [6.45, 7) is 6.65. The van der Waals surface area contributed by atoms with Crippen molar-refractivity contribution >= 4 is 11.3 Å². The molecule has 1 aliphatic heterocycles. The van der Waals surface area contributed by atoms with E-state index in [9.17, 15) is 0 Å². The van der Waals surface area contributed by atoms with E-state index in [1.165, 1.54) is 0 Å². The third-order valence-corrected chi connectivity index (χ3v) is 4.32. The average Bonchev–Trinajstić information content (AvgIpc) is 3.08. The zero-order valence-corrected chi connectivity index (χ0v) is 11.8. The third-order valence-electron chi connectivity index (χ3n) is 3.27. The Morgan fingerprint density at radius 1 is 1.47 bits per heavy atom. The fraction of sp³-hybridized carbons (Fsp3) is 0.538. The van der Waals surface area contributed by atoms with Gasteiger partial charge in [-0.15, -0.1) is 11.3 Å². The Bertz CT molecular complexity index is 510. The van der Waals surface area contributed by atoms with Gasteiger partial charge in [-0.1, -0.05) is 0 Å². The van der Waals surface area contributed by atoms with Gasteiger partial charge in [-0.3, -0.25) is 9.58 Å². The van der Waals surface area contributed by atoms with Gasteiger partial charge in [-0.2, -0.15) is 5.10 Å². The summed E-state index contributed by atoms with van der Waals surface area (Å²) in [5.74, 6) is 0. The first-order valence-electron chi connectivity index (χ1n) is 6.54. The van der Waals surface area contributed by atoms with Crippen molar-refractivity contribution in [3.63, 3.8) is 0 Å². The number of ether oxygens (including phenoxy) is 1. The van der Waals surface area contributed by atoms with Crippen LogP contribution < -0.4 is 0 Å². The molecule has 102 valence electrons. The van der Waals surface area contributed by atoms with Crippen LogP contribution >= 0.6 is 11.3 Å². The van der Waals surface area contributed by atoms with E-state index in [4.69, 9.17) is 4.74 Å². The molecular weight excluding hydrogens is 260 g/mol. The molecule has 1 atom stereocenters. The summed E-state index contributed by atoms with van der Waals surface area (Å²) in [6, 6.07) is 1.96. The standard InChI is InChI=1S/C13H18N4OS/c1-11-10-19-13(15-11)12-9-16(7-8-18-12)5-6-17-4-2-3-14-17/h2-4,10,12H,5-9H2,1H3/t12-/m0/s1. The number of aromatic nitrogens is 3. The second kappa shape index (κ2) is 5.81. The summed E-state index contributed by atoms with van der Waals surface area (Å²) in [5, 5.41) is 7.41. The molecule has 2 aromatic heterocycles. The van der Waals surface area contributed by atoms with Crippen LogP contribution in [0, 0.1) is 6.92 Å². The van der Waals surface area contributed by atoms with Gasteiger partial charge in [-0.05, 0) is 13.0 Å². The van der Waals surface area contributed by atoms with E-state index in [2.05, 4.69) is 20.4 Å². The summed E-state index contributed by atoms with van der Waals surface area (Å²) in [6.07, 6.45) is 3.95. The highest BCUT2D eigenvalue weighted by atomic mass is 32.1. The number of thiazole rings is 1. The normalized spacial score (nSPS) is 20.8. The predicted octanol–water partition coefficient (Wildman–Crippen LogP) is 1.72. The molecule has 0 spiro atoms. The van der Waals surface area contributed by atoms with Crippen molar-refractivity contribution in [1.29, 1.82) is 0 Å². The van der Waals surface area contributed by atoms with Gasteiger partial charge in [0, 0.05) is 43.1 Å². The minimum Gasteiger partial charge on any atom is -0.368 e. The molecule has 2 aromatic rings. The molecule has 5 nitrogen and oxygen atoms in total. The van der Waals surface area contributed by atoms with Crippen molar-refractivity contribution in [3.05, 3.63) is 34.5 Å². The molecule has 0 aliphatic carbocycles. The highest BCUT2D eigenvalue weighted by Gasteiger charge is 2.23. The number of rotatable bonds is 4. The zero-order chi connectivity index (χ0) is 13.1. The Morgan fingerprint density at radius 2 is 2.42 bits per heavy atom. The molecule has 0 bridgehead atoms. The summed E-state index contributed by atoms with van der Waals surface area (Å²) >= 11 is 1.69. The smallest absolute Gasteiger partial charge is 0.123 e. The highest BCUT2D eigenvalue weighted by Crippen LogP contribution is 2.25. The molecule has 0 unspecified atom stereocenters. The Morgan fingerprint density at radius 3 is 3.16 bits per heavy atom. The van der Waals surface area contributed by atoms with Crippen LogP contribution in [0.1, 0.15) is 16.8 Å². The minimum atomic E-state index is 0.130. The van der Waals surface area contributed by atoms with Gasteiger partial charge in [0.05, 0.1) is 13.2 Å². The zero-order valence-electron chi connectivity index (χ0n) is 11.0. The number of hydrogen-bond acceptors (Lipinski definition) is 5. The molecule has 19 heavy (non-hydrogen) atoms. The van der Waals surface area contributed by atoms with Crippen LogP contribution in [0.2, 0.25) is 0 Å². The predicted molar refractivity (Wildman–Crippen MR) is 74.2 cm³/mol. The van der Waals surface area contributed by atoms with Crippen LogP contribution in [0.3, 0.4) is 0 Å². The molecule has 0 amide bonds. The van der Waals surface area contributed by atoms with E-state index in [-0.39, 0.29) is 6.10 Å². The van der Waals surface area contributed by atoms with E-state index in [0.717, 1.165) is 43.5 Å². The Hall–Kier alpha value is -1.24. The van der Waals surface area contributed by atoms with Gasteiger partial charge in [-0.25, -0.2) is 4.98 Å². The molecule has 1 aliphatic rings. The maximum absolute atomic E-state index is 5.83. The number of morpholine rings is 1. The van der Waals surface area contributed by atoms with Crippen molar-refractivity contribution in [1.82, 2.24) is 19.7 Å². The van der Waals surface area contributed by atoms with Crippen LogP contribution in [0.25, 0.3) is 0 Å². The Labute approximate surface area is 116 Å². The first kappa shape index (κ1) is 12.8. The lowest BCUT2D eigenvalue weighted by Gasteiger charge is -2.31. The topological polar surface area (TPSA) is 43.2 Å². The van der Waals surface area contributed by atoms with Crippen LogP contribution in [0.15, 0.2) is 23.8 Å². The highest BCUT2D eigenvalue weighted by molar-refractivity contribution is 7.09. The maximum Gasteiger partial charge on any atom is 0.123 e. The Kier molecular flexibility index (Phi) is 3.91. The molecule has 3 rings (SSSR count). The van der Waals surface area contributed by atoms with Gasteiger partial charge >= 0.3 is 0 Å².